The van der Waals surface area contributed by atoms with Crippen LogP contribution >= 0.6 is 11.8 Å². The molecule has 4 heteroatoms. The Bertz CT molecular complexity index is 104. The Balaban J connectivity index is 3.65. The van der Waals surface area contributed by atoms with E-state index in [4.69, 9.17) is 0 Å². The fourth-order valence-corrected chi connectivity index (χ4v) is 1.22. The van der Waals surface area contributed by atoms with Crippen LogP contribution in [0.15, 0.2) is 0 Å². The molecule has 0 fully saturated rings. The number of amides is 1. The van der Waals surface area contributed by atoms with E-state index < -0.39 is 0 Å². The number of carbonyl (C=O) groups excluding carboxylic acids is 1. The van der Waals surface area contributed by atoms with Crippen molar-refractivity contribution in [3.05, 3.63) is 0 Å². The van der Waals surface area contributed by atoms with Gasteiger partial charge in [-0.2, -0.15) is 11.8 Å². The van der Waals surface area contributed by atoms with Gasteiger partial charge < -0.3 is 0 Å². The van der Waals surface area contributed by atoms with Gasteiger partial charge >= 0.3 is 0 Å². The number of nitrogens with one attached hydrogen (secondary N) is 1. The summed E-state index contributed by atoms with van der Waals surface area (Å²) in [5.41, 5.74) is 2.29. The molecule has 60 valence electrons. The van der Waals surface area contributed by atoms with Gasteiger partial charge in [-0.1, -0.05) is 6.92 Å². The summed E-state index contributed by atoms with van der Waals surface area (Å²) < 4.78 is 0. The zero-order valence-electron chi connectivity index (χ0n) is 6.51. The van der Waals surface area contributed by atoms with Crippen LogP contribution in [0.4, 0.5) is 0 Å². The van der Waals surface area contributed by atoms with Crippen molar-refractivity contribution >= 4 is 17.7 Å². The van der Waals surface area contributed by atoms with Gasteiger partial charge in [0, 0.05) is 0 Å². The number of thioether (sulfide) groups is 1. The van der Waals surface area contributed by atoms with Gasteiger partial charge in [0.15, 0.2) is 0 Å². The summed E-state index contributed by atoms with van der Waals surface area (Å²) in [6.07, 6.45) is 2.74. The highest BCUT2D eigenvalue weighted by atomic mass is 32.2. The molecule has 0 radical (unpaired) electrons. The summed E-state index contributed by atoms with van der Waals surface area (Å²) >= 11 is 1.53. The molecule has 0 rings (SSSR count). The minimum Gasteiger partial charge on any atom is -0.277 e. The van der Waals surface area contributed by atoms with Crippen LogP contribution in [0.5, 0.6) is 0 Å². The molecule has 1 unspecified atom stereocenters. The van der Waals surface area contributed by atoms with Crippen LogP contribution in [-0.4, -0.2) is 24.5 Å². The number of hydrogen-bond acceptors (Lipinski definition) is 3. The molecule has 1 amide bonds. The first-order valence-corrected chi connectivity index (χ1v) is 4.40. The van der Waals surface area contributed by atoms with E-state index in [0.717, 1.165) is 6.42 Å². The largest absolute Gasteiger partial charge is 0.277 e. The molecule has 1 N–H and O–H groups in total. The van der Waals surface area contributed by atoms with E-state index in [0.29, 0.717) is 0 Å². The van der Waals surface area contributed by atoms with Crippen molar-refractivity contribution in [3.63, 3.8) is 0 Å². The van der Waals surface area contributed by atoms with Crippen LogP contribution in [0.25, 0.3) is 0 Å². The first-order chi connectivity index (χ1) is 4.76. The summed E-state index contributed by atoms with van der Waals surface area (Å²) in [4.78, 5) is 15.4. The third-order valence-electron chi connectivity index (χ3n) is 1.15. The molecule has 3 nitrogen and oxygen atoms in total. The molecule has 0 aromatic rings. The first kappa shape index (κ1) is 9.78. The normalized spacial score (nSPS) is 12.7. The monoisotopic (exact) mass is 163 g/mol. The summed E-state index contributed by atoms with van der Waals surface area (Å²) in [6.45, 7) is 1.97. The van der Waals surface area contributed by atoms with Crippen molar-refractivity contribution in [1.29, 1.82) is 0 Å². The van der Waals surface area contributed by atoms with Gasteiger partial charge in [-0.15, -0.1) is 0 Å². The molecule has 0 aliphatic carbocycles. The number of hydroxylamine groups is 1. The predicted octanol–water partition coefficient (Wildman–Crippen LogP) is 0.806. The van der Waals surface area contributed by atoms with Gasteiger partial charge in [-0.05, 0) is 12.7 Å². The lowest BCUT2D eigenvalue weighted by Gasteiger charge is -2.09. The summed E-state index contributed by atoms with van der Waals surface area (Å²) in [6, 6.07) is 0. The van der Waals surface area contributed by atoms with E-state index in [1.165, 1.54) is 18.9 Å². The van der Waals surface area contributed by atoms with Crippen molar-refractivity contribution in [2.75, 3.05) is 13.4 Å². The number of hydrogen-bond donors (Lipinski definition) is 1. The van der Waals surface area contributed by atoms with Crippen LogP contribution in [0, 0.1) is 0 Å². The minimum atomic E-state index is -0.0579. The van der Waals surface area contributed by atoms with Crippen molar-refractivity contribution in [1.82, 2.24) is 5.48 Å². The van der Waals surface area contributed by atoms with E-state index in [1.807, 2.05) is 13.2 Å². The van der Waals surface area contributed by atoms with E-state index in [1.54, 1.807) is 0 Å². The molecule has 0 aromatic heterocycles. The highest BCUT2D eigenvalue weighted by Crippen LogP contribution is 2.09. The lowest BCUT2D eigenvalue weighted by molar-refractivity contribution is -0.130. The van der Waals surface area contributed by atoms with E-state index >= 15 is 0 Å². The van der Waals surface area contributed by atoms with Crippen molar-refractivity contribution < 1.29 is 9.63 Å². The fourth-order valence-electron chi connectivity index (χ4n) is 0.625. The molecule has 0 bridgehead atoms. The molecule has 0 saturated heterocycles. The van der Waals surface area contributed by atoms with Gasteiger partial charge in [0.05, 0.1) is 12.4 Å². The molecule has 0 saturated carbocycles. The first-order valence-electron chi connectivity index (χ1n) is 3.11. The third kappa shape index (κ3) is 3.08. The molecule has 10 heavy (non-hydrogen) atoms. The van der Waals surface area contributed by atoms with Crippen LogP contribution in [-0.2, 0) is 9.63 Å². The zero-order valence-corrected chi connectivity index (χ0v) is 7.33. The molecular weight excluding hydrogens is 150 g/mol. The van der Waals surface area contributed by atoms with Gasteiger partial charge in [-0.3, -0.25) is 9.63 Å². The summed E-state index contributed by atoms with van der Waals surface area (Å²) in [5, 5.41) is 0.0138. The van der Waals surface area contributed by atoms with E-state index in [9.17, 15) is 4.79 Å². The quantitative estimate of drug-likeness (QED) is 0.623. The average Bonchev–Trinajstić information content (AvgIpc) is 1.91. The van der Waals surface area contributed by atoms with Crippen molar-refractivity contribution in [3.8, 4) is 0 Å². The Morgan fingerprint density at radius 3 is 2.70 bits per heavy atom. The molecule has 1 atom stereocenters. The maximum Gasteiger partial charge on any atom is 0.256 e. The predicted molar refractivity (Wildman–Crippen MR) is 42.7 cm³/mol. The smallest absolute Gasteiger partial charge is 0.256 e. The Labute approximate surface area is 65.5 Å². The summed E-state index contributed by atoms with van der Waals surface area (Å²) in [5.74, 6) is -0.0579. The Kier molecular flexibility index (Phi) is 5.43. The van der Waals surface area contributed by atoms with Gasteiger partial charge in [0.1, 0.15) is 0 Å². The maximum absolute atomic E-state index is 10.9. The third-order valence-corrected chi connectivity index (χ3v) is 2.27. The standard InChI is InChI=1S/C6H13NO2S/c1-4-5(10-3)6(8)7-9-2/h5H,4H2,1-3H3,(H,7,8). The molecular formula is C6H13NO2S. The second-order valence-electron chi connectivity index (χ2n) is 1.80. The fraction of sp³-hybridized carbons (Fsp3) is 0.833. The molecule has 0 heterocycles. The molecule has 0 aliphatic rings. The number of rotatable bonds is 4. The SMILES string of the molecule is CCC(SC)C(=O)NOC. The Morgan fingerprint density at radius 2 is 2.40 bits per heavy atom. The average molecular weight is 163 g/mol. The highest BCUT2D eigenvalue weighted by Gasteiger charge is 2.13. The van der Waals surface area contributed by atoms with Gasteiger partial charge in [0.25, 0.3) is 5.91 Å². The van der Waals surface area contributed by atoms with Crippen LogP contribution in [0.2, 0.25) is 0 Å². The highest BCUT2D eigenvalue weighted by molar-refractivity contribution is 7.99. The van der Waals surface area contributed by atoms with Crippen LogP contribution < -0.4 is 5.48 Å². The van der Waals surface area contributed by atoms with E-state index in [-0.39, 0.29) is 11.2 Å². The topological polar surface area (TPSA) is 38.3 Å². The van der Waals surface area contributed by atoms with Crippen molar-refractivity contribution in [2.24, 2.45) is 0 Å². The molecule has 0 spiro atoms. The minimum absolute atomic E-state index is 0.0138. The second kappa shape index (κ2) is 5.56. The van der Waals surface area contributed by atoms with Gasteiger partial charge in [0.2, 0.25) is 0 Å². The Morgan fingerprint density at radius 1 is 1.80 bits per heavy atom. The lowest BCUT2D eigenvalue weighted by Crippen LogP contribution is -2.31. The van der Waals surface area contributed by atoms with E-state index in [2.05, 4.69) is 10.3 Å². The lowest BCUT2D eigenvalue weighted by atomic mass is 10.3. The maximum atomic E-state index is 10.9. The molecule has 0 aliphatic heterocycles. The van der Waals surface area contributed by atoms with Crippen LogP contribution in [0.3, 0.4) is 0 Å². The molecule has 0 aromatic carbocycles. The zero-order chi connectivity index (χ0) is 7.98. The number of carbonyl (C=O) groups is 1. The Hall–Kier alpha value is -0.220. The second-order valence-corrected chi connectivity index (χ2v) is 2.84. The van der Waals surface area contributed by atoms with Crippen molar-refractivity contribution in [2.45, 2.75) is 18.6 Å². The van der Waals surface area contributed by atoms with Gasteiger partial charge in [-0.25, -0.2) is 5.48 Å². The van der Waals surface area contributed by atoms with Crippen LogP contribution in [0.1, 0.15) is 13.3 Å². The summed E-state index contributed by atoms with van der Waals surface area (Å²) in [7, 11) is 1.44.